The van der Waals surface area contributed by atoms with E-state index in [9.17, 15) is 0 Å². The van der Waals surface area contributed by atoms with Gasteiger partial charge < -0.3 is 0 Å². The van der Waals surface area contributed by atoms with Crippen molar-refractivity contribution in [3.63, 3.8) is 0 Å². The first kappa shape index (κ1) is 9.50. The van der Waals surface area contributed by atoms with Gasteiger partial charge in [-0.25, -0.2) is 0 Å². The topological polar surface area (TPSA) is 0 Å². The monoisotopic (exact) mass is 286 g/mol. The van der Waals surface area contributed by atoms with Crippen LogP contribution in [0, 0.1) is 22.3 Å². The van der Waals surface area contributed by atoms with Gasteiger partial charge in [0.05, 0.1) is 0 Å². The van der Waals surface area contributed by atoms with Crippen molar-refractivity contribution in [3.8, 4) is 0 Å². The molecule has 0 spiro atoms. The number of hydrogen-bond acceptors (Lipinski definition) is 0. The van der Waals surface area contributed by atoms with E-state index in [2.05, 4.69) is 61.6 Å². The van der Waals surface area contributed by atoms with Crippen molar-refractivity contribution in [2.24, 2.45) is 11.8 Å². The first-order chi connectivity index (χ1) is 6.11. The Kier molecular flexibility index (Phi) is 2.39. The summed E-state index contributed by atoms with van der Waals surface area (Å²) >= 11 is 2.40. The molecular weight excluding hydrogens is 271 g/mol. The predicted octanol–water partition coefficient (Wildman–Crippen LogP) is 3.97. The van der Waals surface area contributed by atoms with Crippen LogP contribution >= 0.6 is 22.6 Å². The summed E-state index contributed by atoms with van der Waals surface area (Å²) in [6, 6.07) is 6.88. The fourth-order valence-corrected chi connectivity index (χ4v) is 2.48. The third-order valence-corrected chi connectivity index (χ3v) is 4.60. The summed E-state index contributed by atoms with van der Waals surface area (Å²) in [6.45, 7) is 6.90. The largest absolute Gasteiger partial charge is 0.0616 e. The van der Waals surface area contributed by atoms with Crippen molar-refractivity contribution in [2.45, 2.75) is 26.7 Å². The van der Waals surface area contributed by atoms with Crippen molar-refractivity contribution in [1.82, 2.24) is 0 Å². The lowest BCUT2D eigenvalue weighted by Crippen LogP contribution is -1.86. The molecule has 0 N–H and O–H groups in total. The SMILES string of the molecule is Cc1cc(C2C(C)[C@@H]2C)ccc1I. The molecule has 1 fully saturated rings. The van der Waals surface area contributed by atoms with Crippen molar-refractivity contribution in [1.29, 1.82) is 0 Å². The molecule has 3 atom stereocenters. The summed E-state index contributed by atoms with van der Waals surface area (Å²) in [7, 11) is 0. The van der Waals surface area contributed by atoms with E-state index in [0.29, 0.717) is 0 Å². The number of hydrogen-bond donors (Lipinski definition) is 0. The van der Waals surface area contributed by atoms with Crippen LogP contribution in [0.3, 0.4) is 0 Å². The molecule has 13 heavy (non-hydrogen) atoms. The lowest BCUT2D eigenvalue weighted by Gasteiger charge is -2.02. The molecule has 0 bridgehead atoms. The van der Waals surface area contributed by atoms with Crippen molar-refractivity contribution in [3.05, 3.63) is 32.9 Å². The highest BCUT2D eigenvalue weighted by Gasteiger charge is 2.43. The number of halogens is 1. The molecular formula is C12H15I. The summed E-state index contributed by atoms with van der Waals surface area (Å²) in [5.41, 5.74) is 2.96. The summed E-state index contributed by atoms with van der Waals surface area (Å²) < 4.78 is 1.38. The molecule has 0 aliphatic heterocycles. The van der Waals surface area contributed by atoms with Crippen molar-refractivity contribution in [2.75, 3.05) is 0 Å². The van der Waals surface area contributed by atoms with Crippen LogP contribution in [-0.2, 0) is 0 Å². The second kappa shape index (κ2) is 3.26. The van der Waals surface area contributed by atoms with Gasteiger partial charge in [-0.15, -0.1) is 0 Å². The van der Waals surface area contributed by atoms with E-state index in [1.807, 2.05) is 0 Å². The van der Waals surface area contributed by atoms with Crippen LogP contribution in [0.1, 0.15) is 30.9 Å². The Morgan fingerprint density at radius 1 is 1.15 bits per heavy atom. The van der Waals surface area contributed by atoms with Crippen LogP contribution in [0.4, 0.5) is 0 Å². The zero-order valence-corrected chi connectivity index (χ0v) is 10.5. The van der Waals surface area contributed by atoms with Gasteiger partial charge in [-0.1, -0.05) is 26.0 Å². The Hall–Kier alpha value is -0.0500. The molecule has 1 saturated carbocycles. The summed E-state index contributed by atoms with van der Waals surface area (Å²) in [5, 5.41) is 0. The fraction of sp³-hybridized carbons (Fsp3) is 0.500. The van der Waals surface area contributed by atoms with Gasteiger partial charge in [0.2, 0.25) is 0 Å². The van der Waals surface area contributed by atoms with Gasteiger partial charge in [-0.05, 0) is 64.5 Å². The van der Waals surface area contributed by atoms with Gasteiger partial charge in [0, 0.05) is 3.57 Å². The molecule has 0 aromatic heterocycles. The minimum Gasteiger partial charge on any atom is -0.0616 e. The molecule has 70 valence electrons. The lowest BCUT2D eigenvalue weighted by molar-refractivity contribution is 0.834. The average Bonchev–Trinajstić information content (AvgIpc) is 2.67. The number of benzene rings is 1. The Balaban J connectivity index is 2.28. The Bertz CT molecular complexity index is 322. The maximum Gasteiger partial charge on any atom is 0.0159 e. The normalized spacial score (nSPS) is 31.8. The smallest absolute Gasteiger partial charge is 0.0159 e. The first-order valence-corrected chi connectivity index (χ1v) is 5.95. The predicted molar refractivity (Wildman–Crippen MR) is 65.0 cm³/mol. The van der Waals surface area contributed by atoms with Gasteiger partial charge in [0.15, 0.2) is 0 Å². The highest BCUT2D eigenvalue weighted by Crippen LogP contribution is 2.53. The molecule has 2 rings (SSSR count). The van der Waals surface area contributed by atoms with Crippen LogP contribution in [-0.4, -0.2) is 0 Å². The molecule has 0 amide bonds. The van der Waals surface area contributed by atoms with E-state index in [1.54, 1.807) is 0 Å². The second-order valence-corrected chi connectivity index (χ2v) is 5.41. The molecule has 0 radical (unpaired) electrons. The standard InChI is InChI=1S/C12H15I/c1-7-6-10(4-5-11(7)13)12-8(2)9(12)3/h4-6,8-9,12H,1-3H3/t8-,9?,12?/m0/s1. The second-order valence-electron chi connectivity index (χ2n) is 4.25. The van der Waals surface area contributed by atoms with E-state index in [1.165, 1.54) is 14.7 Å². The van der Waals surface area contributed by atoms with Crippen LogP contribution in [0.2, 0.25) is 0 Å². The van der Waals surface area contributed by atoms with Gasteiger partial charge in [0.1, 0.15) is 0 Å². The van der Waals surface area contributed by atoms with E-state index in [-0.39, 0.29) is 0 Å². The molecule has 1 aromatic rings. The number of rotatable bonds is 1. The molecule has 1 aromatic carbocycles. The van der Waals surface area contributed by atoms with Gasteiger partial charge >= 0.3 is 0 Å². The van der Waals surface area contributed by atoms with Crippen LogP contribution in [0.15, 0.2) is 18.2 Å². The van der Waals surface area contributed by atoms with Crippen molar-refractivity contribution >= 4 is 22.6 Å². The van der Waals surface area contributed by atoms with Crippen LogP contribution in [0.25, 0.3) is 0 Å². The van der Waals surface area contributed by atoms with Crippen LogP contribution in [0.5, 0.6) is 0 Å². The number of aryl methyl sites for hydroxylation is 1. The highest BCUT2D eigenvalue weighted by atomic mass is 127. The molecule has 0 saturated heterocycles. The molecule has 1 aliphatic rings. The fourth-order valence-electron chi connectivity index (χ4n) is 2.15. The minimum absolute atomic E-state index is 0.829. The summed E-state index contributed by atoms with van der Waals surface area (Å²) in [4.78, 5) is 0. The van der Waals surface area contributed by atoms with E-state index >= 15 is 0 Å². The van der Waals surface area contributed by atoms with E-state index in [0.717, 1.165) is 17.8 Å². The molecule has 2 unspecified atom stereocenters. The van der Waals surface area contributed by atoms with Gasteiger partial charge in [-0.2, -0.15) is 0 Å². The van der Waals surface area contributed by atoms with Gasteiger partial charge in [0.25, 0.3) is 0 Å². The Morgan fingerprint density at radius 3 is 2.23 bits per heavy atom. The maximum absolute atomic E-state index is 2.40. The van der Waals surface area contributed by atoms with Crippen LogP contribution < -0.4 is 0 Å². The molecule has 0 nitrogen and oxygen atoms in total. The molecule has 1 heteroatoms. The molecule has 0 heterocycles. The van der Waals surface area contributed by atoms with Crippen molar-refractivity contribution < 1.29 is 0 Å². The minimum atomic E-state index is 0.829. The highest BCUT2D eigenvalue weighted by molar-refractivity contribution is 14.1. The van der Waals surface area contributed by atoms with Gasteiger partial charge in [-0.3, -0.25) is 0 Å². The Morgan fingerprint density at radius 2 is 1.77 bits per heavy atom. The lowest BCUT2D eigenvalue weighted by atomic mass is 10.1. The average molecular weight is 286 g/mol. The zero-order valence-electron chi connectivity index (χ0n) is 8.34. The Labute approximate surface area is 93.9 Å². The molecule has 1 aliphatic carbocycles. The third kappa shape index (κ3) is 1.63. The summed E-state index contributed by atoms with van der Waals surface area (Å²) in [5.74, 6) is 2.61. The third-order valence-electron chi connectivity index (χ3n) is 3.39. The first-order valence-electron chi connectivity index (χ1n) is 4.87. The summed E-state index contributed by atoms with van der Waals surface area (Å²) in [6.07, 6.45) is 0. The van der Waals surface area contributed by atoms with E-state index in [4.69, 9.17) is 0 Å². The zero-order chi connectivity index (χ0) is 9.59. The maximum atomic E-state index is 2.40. The quantitative estimate of drug-likeness (QED) is 0.685. The van der Waals surface area contributed by atoms with E-state index < -0.39 is 0 Å².